The minimum atomic E-state index is -3.77. The predicted octanol–water partition coefficient (Wildman–Crippen LogP) is 3.10. The van der Waals surface area contributed by atoms with E-state index in [1.165, 1.54) is 18.2 Å². The second kappa shape index (κ2) is 7.33. The number of esters is 1. The molecule has 0 aromatic heterocycles. The van der Waals surface area contributed by atoms with Gasteiger partial charge >= 0.3 is 5.97 Å². The highest BCUT2D eigenvalue weighted by molar-refractivity contribution is 7.92. The summed E-state index contributed by atoms with van der Waals surface area (Å²) in [5, 5.41) is 2.40. The molecule has 0 aliphatic carbocycles. The molecule has 1 aliphatic heterocycles. The first kappa shape index (κ1) is 18.2. The Morgan fingerprint density at radius 2 is 1.80 bits per heavy atom. The Morgan fingerprint density at radius 1 is 1.08 bits per heavy atom. The van der Waals surface area contributed by atoms with Crippen molar-refractivity contribution < 1.29 is 17.9 Å². The van der Waals surface area contributed by atoms with Gasteiger partial charge in [-0.1, -0.05) is 41.4 Å². The number of carbonyl (C=O) groups excluding carboxylic acids is 1. The molecule has 2 aromatic carbocycles. The van der Waals surface area contributed by atoms with Crippen LogP contribution in [0, 0.1) is 0 Å². The maximum absolute atomic E-state index is 12.9. The lowest BCUT2D eigenvalue weighted by Gasteiger charge is -2.19. The van der Waals surface area contributed by atoms with Crippen molar-refractivity contribution in [3.05, 3.63) is 58.6 Å². The molecule has 1 heterocycles. The Hall–Kier alpha value is -1.60. The maximum Gasteiger partial charge on any atom is 0.329 e. The monoisotopic (exact) mass is 399 g/mol. The summed E-state index contributed by atoms with van der Waals surface area (Å²) in [4.78, 5) is 12.5. The summed E-state index contributed by atoms with van der Waals surface area (Å²) >= 11 is 11.8. The van der Waals surface area contributed by atoms with Gasteiger partial charge in [0.1, 0.15) is 11.8 Å². The molecule has 0 amide bonds. The molecule has 5 nitrogen and oxygen atoms in total. The van der Waals surface area contributed by atoms with E-state index >= 15 is 0 Å². The molecule has 2 atom stereocenters. The fourth-order valence-electron chi connectivity index (χ4n) is 2.75. The molecule has 25 heavy (non-hydrogen) atoms. The number of rotatable bonds is 4. The summed E-state index contributed by atoms with van der Waals surface area (Å²) in [6.07, 6.45) is 0.303. The van der Waals surface area contributed by atoms with Crippen LogP contribution in [0.5, 0.6) is 5.75 Å². The number of nitrogens with one attached hydrogen (secondary N) is 1. The Balaban J connectivity index is 1.85. The van der Waals surface area contributed by atoms with E-state index < -0.39 is 27.1 Å². The standard InChI is InChI=1S/C17H15Cl2NO4S/c18-13-7-6-12(10-14(13)19)25(22,23)15-8-9-20-16(15)17(21)24-11-4-2-1-3-5-11/h1-7,10,15-16,20H,8-9H2. The van der Waals surface area contributed by atoms with Crippen LogP contribution < -0.4 is 10.1 Å². The number of ether oxygens (including phenoxy) is 1. The lowest BCUT2D eigenvalue weighted by atomic mass is 10.2. The summed E-state index contributed by atoms with van der Waals surface area (Å²) in [7, 11) is -3.77. The molecular formula is C17H15Cl2NO4S. The third kappa shape index (κ3) is 3.82. The van der Waals surface area contributed by atoms with Gasteiger partial charge in [0.2, 0.25) is 0 Å². The van der Waals surface area contributed by atoms with Crippen molar-refractivity contribution in [2.24, 2.45) is 0 Å². The Kier molecular flexibility index (Phi) is 5.34. The fourth-order valence-corrected chi connectivity index (χ4v) is 4.99. The lowest BCUT2D eigenvalue weighted by Crippen LogP contribution is -2.44. The fraction of sp³-hybridized carbons (Fsp3) is 0.235. The molecule has 1 N–H and O–H groups in total. The minimum Gasteiger partial charge on any atom is -0.425 e. The summed E-state index contributed by atoms with van der Waals surface area (Å²) in [5.41, 5.74) is 0. The number of sulfone groups is 1. The number of halogens is 2. The number of para-hydroxylation sites is 1. The van der Waals surface area contributed by atoms with Crippen molar-refractivity contribution in [1.29, 1.82) is 0 Å². The van der Waals surface area contributed by atoms with E-state index in [-0.39, 0.29) is 14.9 Å². The molecule has 0 radical (unpaired) electrons. The third-order valence-electron chi connectivity index (χ3n) is 4.00. The number of carbonyl (C=O) groups is 1. The summed E-state index contributed by atoms with van der Waals surface area (Å²) in [5.74, 6) is -0.260. The van der Waals surface area contributed by atoms with Gasteiger partial charge in [0.15, 0.2) is 9.84 Å². The lowest BCUT2D eigenvalue weighted by molar-refractivity contribution is -0.136. The maximum atomic E-state index is 12.9. The normalized spacial score (nSPS) is 20.4. The predicted molar refractivity (Wildman–Crippen MR) is 95.9 cm³/mol. The van der Waals surface area contributed by atoms with Crippen molar-refractivity contribution in [3.63, 3.8) is 0 Å². The molecule has 1 fully saturated rings. The van der Waals surface area contributed by atoms with Crippen LogP contribution >= 0.6 is 23.2 Å². The summed E-state index contributed by atoms with van der Waals surface area (Å²) in [6.45, 7) is 0.403. The van der Waals surface area contributed by atoms with E-state index in [2.05, 4.69) is 5.32 Å². The second-order valence-electron chi connectivity index (χ2n) is 5.61. The van der Waals surface area contributed by atoms with E-state index in [1.807, 2.05) is 0 Å². The zero-order valence-corrected chi connectivity index (χ0v) is 15.3. The molecule has 3 rings (SSSR count). The van der Waals surface area contributed by atoms with Gasteiger partial charge < -0.3 is 10.1 Å². The van der Waals surface area contributed by atoms with Crippen LogP contribution in [-0.4, -0.2) is 32.2 Å². The molecule has 0 spiro atoms. The smallest absolute Gasteiger partial charge is 0.329 e. The van der Waals surface area contributed by atoms with Crippen LogP contribution in [0.25, 0.3) is 0 Å². The van der Waals surface area contributed by atoms with Crippen LogP contribution in [0.2, 0.25) is 10.0 Å². The molecule has 2 unspecified atom stereocenters. The van der Waals surface area contributed by atoms with Gasteiger partial charge in [-0.05, 0) is 43.3 Å². The molecular weight excluding hydrogens is 385 g/mol. The van der Waals surface area contributed by atoms with Gasteiger partial charge in [-0.15, -0.1) is 0 Å². The van der Waals surface area contributed by atoms with E-state index in [4.69, 9.17) is 27.9 Å². The molecule has 1 aliphatic rings. The van der Waals surface area contributed by atoms with Gasteiger partial charge in [0, 0.05) is 0 Å². The summed E-state index contributed by atoms with van der Waals surface area (Å²) in [6, 6.07) is 11.7. The Bertz CT molecular complexity index is 887. The van der Waals surface area contributed by atoms with E-state index in [9.17, 15) is 13.2 Å². The van der Waals surface area contributed by atoms with Gasteiger partial charge in [-0.25, -0.2) is 13.2 Å². The highest BCUT2D eigenvalue weighted by atomic mass is 35.5. The number of hydrogen-bond donors (Lipinski definition) is 1. The molecule has 2 aromatic rings. The van der Waals surface area contributed by atoms with Crippen molar-refractivity contribution in [2.75, 3.05) is 6.54 Å². The van der Waals surface area contributed by atoms with Crippen molar-refractivity contribution in [3.8, 4) is 5.75 Å². The topological polar surface area (TPSA) is 72.5 Å². The number of benzene rings is 2. The largest absolute Gasteiger partial charge is 0.425 e. The van der Waals surface area contributed by atoms with Crippen molar-refractivity contribution in [2.45, 2.75) is 22.6 Å². The third-order valence-corrected chi connectivity index (χ3v) is 6.95. The first-order valence-corrected chi connectivity index (χ1v) is 9.89. The van der Waals surface area contributed by atoms with Crippen molar-refractivity contribution in [1.82, 2.24) is 5.32 Å². The SMILES string of the molecule is O=C(Oc1ccccc1)C1NCCC1S(=O)(=O)c1ccc(Cl)c(Cl)c1. The zero-order valence-electron chi connectivity index (χ0n) is 13.0. The van der Waals surface area contributed by atoms with Gasteiger partial charge in [0.05, 0.1) is 20.2 Å². The number of hydrogen-bond acceptors (Lipinski definition) is 5. The first-order valence-electron chi connectivity index (χ1n) is 7.58. The van der Waals surface area contributed by atoms with Gasteiger partial charge in [-0.2, -0.15) is 0 Å². The van der Waals surface area contributed by atoms with Crippen LogP contribution in [-0.2, 0) is 14.6 Å². The van der Waals surface area contributed by atoms with Gasteiger partial charge in [-0.3, -0.25) is 0 Å². The highest BCUT2D eigenvalue weighted by Gasteiger charge is 2.43. The van der Waals surface area contributed by atoms with Crippen LogP contribution in [0.15, 0.2) is 53.4 Å². The van der Waals surface area contributed by atoms with Crippen LogP contribution in [0.4, 0.5) is 0 Å². The van der Waals surface area contributed by atoms with E-state index in [0.29, 0.717) is 18.7 Å². The summed E-state index contributed by atoms with van der Waals surface area (Å²) < 4.78 is 31.1. The first-order chi connectivity index (χ1) is 11.9. The molecule has 8 heteroatoms. The second-order valence-corrected chi connectivity index (χ2v) is 8.60. The molecule has 0 saturated carbocycles. The van der Waals surface area contributed by atoms with Crippen molar-refractivity contribution >= 4 is 39.0 Å². The average Bonchev–Trinajstić information content (AvgIpc) is 3.09. The highest BCUT2D eigenvalue weighted by Crippen LogP contribution is 2.30. The molecule has 0 bridgehead atoms. The van der Waals surface area contributed by atoms with Crippen LogP contribution in [0.1, 0.15) is 6.42 Å². The average molecular weight is 400 g/mol. The molecule has 132 valence electrons. The van der Waals surface area contributed by atoms with Gasteiger partial charge in [0.25, 0.3) is 0 Å². The quantitative estimate of drug-likeness (QED) is 0.631. The molecule has 1 saturated heterocycles. The zero-order chi connectivity index (χ0) is 18.0. The Labute approximate surface area is 155 Å². The minimum absolute atomic E-state index is 0.0353. The Morgan fingerprint density at radius 3 is 2.48 bits per heavy atom. The van der Waals surface area contributed by atoms with E-state index in [0.717, 1.165) is 0 Å². The van der Waals surface area contributed by atoms with E-state index in [1.54, 1.807) is 30.3 Å². The van der Waals surface area contributed by atoms with Crippen LogP contribution in [0.3, 0.4) is 0 Å².